The van der Waals surface area contributed by atoms with Crippen molar-refractivity contribution in [2.45, 2.75) is 32.7 Å². The van der Waals surface area contributed by atoms with Crippen molar-refractivity contribution in [3.8, 4) is 11.5 Å². The number of guanidine groups is 1. The second-order valence-corrected chi connectivity index (χ2v) is 6.42. The molecule has 29 heavy (non-hydrogen) atoms. The van der Waals surface area contributed by atoms with E-state index < -0.39 is 0 Å². The first kappa shape index (κ1) is 22.9. The number of benzene rings is 1. The van der Waals surface area contributed by atoms with E-state index in [4.69, 9.17) is 4.42 Å². The third kappa shape index (κ3) is 6.55. The third-order valence-electron chi connectivity index (χ3n) is 4.33. The molecule has 0 spiro atoms. The lowest BCUT2D eigenvalue weighted by Crippen LogP contribution is -2.46. The maximum Gasteiger partial charge on any atom is 0.229 e. The van der Waals surface area contributed by atoms with Gasteiger partial charge in [-0.1, -0.05) is 18.2 Å². The highest BCUT2D eigenvalue weighted by Crippen LogP contribution is 2.18. The number of piperidine rings is 1. The molecule has 0 saturated carbocycles. The Kier molecular flexibility index (Phi) is 9.10. The summed E-state index contributed by atoms with van der Waals surface area (Å²) in [5.74, 6) is 0.960. The summed E-state index contributed by atoms with van der Waals surface area (Å²) in [5.41, 5.74) is 1.64. The molecule has 1 saturated heterocycles. The Bertz CT molecular complexity index is 822. The largest absolute Gasteiger partial charge is 0.444 e. The fraction of sp³-hybridized carbons (Fsp3) is 0.400. The van der Waals surface area contributed by atoms with Gasteiger partial charge >= 0.3 is 0 Å². The van der Waals surface area contributed by atoms with E-state index in [2.05, 4.69) is 20.6 Å². The molecule has 0 aliphatic carbocycles. The third-order valence-corrected chi connectivity index (χ3v) is 4.33. The van der Waals surface area contributed by atoms with Crippen LogP contribution < -0.4 is 10.6 Å². The lowest BCUT2D eigenvalue weighted by atomic mass is 10.1. The van der Waals surface area contributed by atoms with Crippen LogP contribution in [0.3, 0.4) is 0 Å². The van der Waals surface area contributed by atoms with Gasteiger partial charge in [0, 0.05) is 38.0 Å². The molecule has 0 bridgehead atoms. The number of halogens is 1. The van der Waals surface area contributed by atoms with Crippen LogP contribution in [0.4, 0.5) is 0 Å². The summed E-state index contributed by atoms with van der Waals surface area (Å²) in [6, 6.07) is 9.68. The standard InChI is InChI=1S/C20H25N5O3.HI/c1-2-21-20(22-11-12-25-17(26)9-6-10-18(25)27)23-13-16-14-28-19(24-16)15-7-4-3-5-8-15;/h3-5,7-8,14H,2,6,9-13H2,1H3,(H2,21,22,23);1H. The zero-order valence-electron chi connectivity index (χ0n) is 16.4. The number of hydrogen-bond acceptors (Lipinski definition) is 5. The molecule has 1 aliphatic heterocycles. The van der Waals surface area contributed by atoms with Gasteiger partial charge in [0.1, 0.15) is 12.0 Å². The monoisotopic (exact) mass is 511 g/mol. The number of likely N-dealkylation sites (tertiary alicyclic amines) is 1. The maximum atomic E-state index is 11.8. The van der Waals surface area contributed by atoms with Gasteiger partial charge in [-0.15, -0.1) is 24.0 Å². The van der Waals surface area contributed by atoms with Crippen LogP contribution >= 0.6 is 24.0 Å². The van der Waals surface area contributed by atoms with Crippen molar-refractivity contribution in [1.82, 2.24) is 20.5 Å². The smallest absolute Gasteiger partial charge is 0.229 e. The first-order chi connectivity index (χ1) is 13.7. The predicted molar refractivity (Wildman–Crippen MR) is 121 cm³/mol. The van der Waals surface area contributed by atoms with E-state index in [9.17, 15) is 9.59 Å². The average molecular weight is 511 g/mol. The van der Waals surface area contributed by atoms with Crippen LogP contribution in [-0.2, 0) is 16.1 Å². The van der Waals surface area contributed by atoms with Crippen molar-refractivity contribution in [1.29, 1.82) is 0 Å². The number of amides is 2. The van der Waals surface area contributed by atoms with E-state index >= 15 is 0 Å². The summed E-state index contributed by atoms with van der Waals surface area (Å²) in [6.07, 6.45) is 3.13. The van der Waals surface area contributed by atoms with Crippen LogP contribution in [0, 0.1) is 0 Å². The molecule has 0 radical (unpaired) electrons. The van der Waals surface area contributed by atoms with Gasteiger partial charge in [0.05, 0.1) is 6.54 Å². The zero-order chi connectivity index (χ0) is 19.8. The lowest BCUT2D eigenvalue weighted by molar-refractivity contribution is -0.147. The molecule has 0 unspecified atom stereocenters. The molecule has 3 rings (SSSR count). The van der Waals surface area contributed by atoms with Crippen molar-refractivity contribution in [2.24, 2.45) is 4.99 Å². The van der Waals surface area contributed by atoms with Crippen molar-refractivity contribution in [2.75, 3.05) is 19.6 Å². The topological polar surface area (TPSA) is 99.8 Å². The molecule has 8 nitrogen and oxygen atoms in total. The highest BCUT2D eigenvalue weighted by atomic mass is 127. The first-order valence-electron chi connectivity index (χ1n) is 9.52. The molecule has 1 aliphatic rings. The summed E-state index contributed by atoms with van der Waals surface area (Å²) in [7, 11) is 0. The number of nitrogens with one attached hydrogen (secondary N) is 2. The number of hydrogen-bond donors (Lipinski definition) is 2. The first-order valence-corrected chi connectivity index (χ1v) is 9.52. The van der Waals surface area contributed by atoms with Gasteiger partial charge in [-0.3, -0.25) is 14.5 Å². The number of carbonyl (C=O) groups is 2. The molecule has 1 fully saturated rings. The molecule has 1 aromatic heterocycles. The van der Waals surface area contributed by atoms with Crippen molar-refractivity contribution in [3.63, 3.8) is 0 Å². The van der Waals surface area contributed by atoms with Crippen LogP contribution in [0.2, 0.25) is 0 Å². The molecule has 2 N–H and O–H groups in total. The highest BCUT2D eigenvalue weighted by molar-refractivity contribution is 14.0. The summed E-state index contributed by atoms with van der Waals surface area (Å²) >= 11 is 0. The SMILES string of the molecule is CCNC(=NCc1coc(-c2ccccc2)n1)NCCN1C(=O)CCCC1=O.I. The molecular formula is C20H26IN5O3. The molecule has 2 heterocycles. The van der Waals surface area contributed by atoms with Gasteiger partial charge in [-0.05, 0) is 25.5 Å². The number of carbonyl (C=O) groups excluding carboxylic acids is 2. The summed E-state index contributed by atoms with van der Waals surface area (Å²) in [6.45, 7) is 3.80. The number of oxazole rings is 1. The fourth-order valence-corrected chi connectivity index (χ4v) is 2.93. The van der Waals surface area contributed by atoms with E-state index in [0.717, 1.165) is 11.3 Å². The molecule has 1 aromatic carbocycles. The van der Waals surface area contributed by atoms with Gasteiger partial charge in [0.15, 0.2) is 5.96 Å². The lowest BCUT2D eigenvalue weighted by Gasteiger charge is -2.25. The number of aromatic nitrogens is 1. The Balaban J connectivity index is 0.00000300. The van der Waals surface area contributed by atoms with E-state index in [1.54, 1.807) is 6.26 Å². The van der Waals surface area contributed by atoms with E-state index in [1.165, 1.54) is 4.90 Å². The van der Waals surface area contributed by atoms with E-state index in [1.807, 2.05) is 37.3 Å². The van der Waals surface area contributed by atoms with E-state index in [-0.39, 0.29) is 35.8 Å². The minimum Gasteiger partial charge on any atom is -0.444 e. The van der Waals surface area contributed by atoms with Crippen LogP contribution in [0.15, 0.2) is 46.0 Å². The summed E-state index contributed by atoms with van der Waals surface area (Å²) < 4.78 is 5.52. The number of imide groups is 1. The highest BCUT2D eigenvalue weighted by Gasteiger charge is 2.25. The Hall–Kier alpha value is -2.43. The molecule has 2 amide bonds. The molecule has 156 valence electrons. The number of nitrogens with zero attached hydrogens (tertiary/aromatic N) is 3. The van der Waals surface area contributed by atoms with Gasteiger partial charge < -0.3 is 15.1 Å². The average Bonchev–Trinajstić information content (AvgIpc) is 3.18. The van der Waals surface area contributed by atoms with Crippen molar-refractivity contribution in [3.05, 3.63) is 42.3 Å². The van der Waals surface area contributed by atoms with E-state index in [0.29, 0.717) is 57.3 Å². The normalized spacial score (nSPS) is 14.5. The fourth-order valence-electron chi connectivity index (χ4n) is 2.93. The van der Waals surface area contributed by atoms with Crippen LogP contribution in [0.1, 0.15) is 31.9 Å². The summed E-state index contributed by atoms with van der Waals surface area (Å²) in [5, 5.41) is 6.30. The van der Waals surface area contributed by atoms with Gasteiger partial charge in [0.25, 0.3) is 0 Å². The van der Waals surface area contributed by atoms with Crippen LogP contribution in [0.5, 0.6) is 0 Å². The zero-order valence-corrected chi connectivity index (χ0v) is 18.7. The van der Waals surface area contributed by atoms with Gasteiger partial charge in [-0.25, -0.2) is 9.98 Å². The Morgan fingerprint density at radius 3 is 2.59 bits per heavy atom. The minimum absolute atomic E-state index is 0. The van der Waals surface area contributed by atoms with Crippen molar-refractivity contribution < 1.29 is 14.0 Å². The van der Waals surface area contributed by atoms with Crippen LogP contribution in [-0.4, -0.2) is 47.3 Å². The molecule has 2 aromatic rings. The second kappa shape index (κ2) is 11.5. The Labute approximate surface area is 187 Å². The summed E-state index contributed by atoms with van der Waals surface area (Å²) in [4.78, 5) is 34.0. The van der Waals surface area contributed by atoms with Crippen LogP contribution in [0.25, 0.3) is 11.5 Å². The van der Waals surface area contributed by atoms with Crippen molar-refractivity contribution >= 4 is 41.8 Å². The second-order valence-electron chi connectivity index (χ2n) is 6.42. The molecule has 9 heteroatoms. The Morgan fingerprint density at radius 2 is 1.90 bits per heavy atom. The minimum atomic E-state index is -0.101. The Morgan fingerprint density at radius 1 is 1.17 bits per heavy atom. The predicted octanol–water partition coefficient (Wildman–Crippen LogP) is 2.55. The quantitative estimate of drug-likeness (QED) is 0.257. The number of rotatable bonds is 7. The van der Waals surface area contributed by atoms with Gasteiger partial charge in [0.2, 0.25) is 17.7 Å². The maximum absolute atomic E-state index is 11.8. The molecular weight excluding hydrogens is 485 g/mol. The van der Waals surface area contributed by atoms with Gasteiger partial charge in [-0.2, -0.15) is 0 Å². The number of aliphatic imine (C=N–C) groups is 1. The molecule has 0 atom stereocenters.